The molecule has 0 spiro atoms. The van der Waals surface area contributed by atoms with Gasteiger partial charge in [0, 0.05) is 17.3 Å². The molecule has 0 aliphatic carbocycles. The maximum absolute atomic E-state index is 11.8. The monoisotopic (exact) mass is 312 g/mol. The molecule has 2 aromatic carbocycles. The zero-order valence-electron chi connectivity index (χ0n) is 13.0. The van der Waals surface area contributed by atoms with Crippen LogP contribution in [-0.2, 0) is 0 Å². The first-order chi connectivity index (χ1) is 11.8. The standard InChI is InChI=1S/C21H16N2O/c22-21(24)19-13-7-12-18-20(16-10-5-2-6-11-16)17(14-23(18)19)15-8-3-1-4-9-15/h1-14H,(H2,22,24). The predicted molar refractivity (Wildman–Crippen MR) is 96.8 cm³/mol. The lowest BCUT2D eigenvalue weighted by Crippen LogP contribution is -2.14. The second-order valence-electron chi connectivity index (χ2n) is 5.68. The third-order valence-electron chi connectivity index (χ3n) is 4.21. The molecule has 1 amide bonds. The fraction of sp³-hybridized carbons (Fsp3) is 0. The molecule has 0 radical (unpaired) electrons. The van der Waals surface area contributed by atoms with Crippen LogP contribution in [0, 0.1) is 0 Å². The van der Waals surface area contributed by atoms with Crippen LogP contribution >= 0.6 is 0 Å². The first kappa shape index (κ1) is 14.3. The minimum Gasteiger partial charge on any atom is -0.364 e. The Morgan fingerprint density at radius 3 is 2.00 bits per heavy atom. The van der Waals surface area contributed by atoms with Gasteiger partial charge in [0.15, 0.2) is 0 Å². The molecule has 2 aromatic heterocycles. The molecule has 116 valence electrons. The molecule has 2 N–H and O–H groups in total. The van der Waals surface area contributed by atoms with Crippen LogP contribution in [0.4, 0.5) is 0 Å². The van der Waals surface area contributed by atoms with E-state index in [1.165, 1.54) is 0 Å². The number of rotatable bonds is 3. The Bertz CT molecular complexity index is 1020. The number of pyridine rings is 1. The van der Waals surface area contributed by atoms with Gasteiger partial charge in [0.05, 0.1) is 5.52 Å². The van der Waals surface area contributed by atoms with E-state index in [-0.39, 0.29) is 0 Å². The van der Waals surface area contributed by atoms with Crippen LogP contribution in [0.15, 0.2) is 85.1 Å². The highest BCUT2D eigenvalue weighted by atomic mass is 16.1. The topological polar surface area (TPSA) is 47.5 Å². The van der Waals surface area contributed by atoms with Crippen molar-refractivity contribution in [2.75, 3.05) is 0 Å². The molecule has 4 aromatic rings. The zero-order valence-corrected chi connectivity index (χ0v) is 13.0. The van der Waals surface area contributed by atoms with Gasteiger partial charge in [0.25, 0.3) is 5.91 Å². The SMILES string of the molecule is NC(=O)c1cccc2c(-c3ccccc3)c(-c3ccccc3)cn12. The molecule has 3 nitrogen and oxygen atoms in total. The summed E-state index contributed by atoms with van der Waals surface area (Å²) in [6.07, 6.45) is 1.99. The lowest BCUT2D eigenvalue weighted by molar-refractivity contribution is 0.0994. The molecule has 0 saturated carbocycles. The first-order valence-corrected chi connectivity index (χ1v) is 7.80. The average molecular weight is 312 g/mol. The van der Waals surface area contributed by atoms with E-state index >= 15 is 0 Å². The molecule has 0 saturated heterocycles. The molecule has 2 heterocycles. The van der Waals surface area contributed by atoms with Crippen LogP contribution in [0.2, 0.25) is 0 Å². The van der Waals surface area contributed by atoms with Crippen LogP contribution in [0.25, 0.3) is 27.8 Å². The molecule has 0 fully saturated rings. The van der Waals surface area contributed by atoms with Crippen molar-refractivity contribution >= 4 is 11.4 Å². The number of hydrogen-bond donors (Lipinski definition) is 1. The zero-order chi connectivity index (χ0) is 16.5. The Balaban J connectivity index is 2.11. The molecule has 4 rings (SSSR count). The normalized spacial score (nSPS) is 10.8. The summed E-state index contributed by atoms with van der Waals surface area (Å²) < 4.78 is 1.88. The summed E-state index contributed by atoms with van der Waals surface area (Å²) in [6, 6.07) is 26.0. The summed E-state index contributed by atoms with van der Waals surface area (Å²) in [5, 5.41) is 0. The molecule has 0 bridgehead atoms. The van der Waals surface area contributed by atoms with Crippen molar-refractivity contribution in [3.8, 4) is 22.3 Å². The Morgan fingerprint density at radius 2 is 1.38 bits per heavy atom. The van der Waals surface area contributed by atoms with E-state index in [2.05, 4.69) is 24.3 Å². The Morgan fingerprint density at radius 1 is 0.750 bits per heavy atom. The molecule has 24 heavy (non-hydrogen) atoms. The summed E-state index contributed by atoms with van der Waals surface area (Å²) in [6.45, 7) is 0. The Hall–Kier alpha value is -3.33. The van der Waals surface area contributed by atoms with Gasteiger partial charge < -0.3 is 10.1 Å². The number of primary amides is 1. The maximum Gasteiger partial charge on any atom is 0.265 e. The largest absolute Gasteiger partial charge is 0.364 e. The molecular formula is C21H16N2O. The lowest BCUT2D eigenvalue weighted by atomic mass is 9.98. The van der Waals surface area contributed by atoms with Gasteiger partial charge in [-0.1, -0.05) is 66.7 Å². The molecule has 0 aliphatic rings. The van der Waals surface area contributed by atoms with Crippen molar-refractivity contribution in [1.82, 2.24) is 4.40 Å². The minimum absolute atomic E-state index is 0.435. The van der Waals surface area contributed by atoms with Gasteiger partial charge in [0.2, 0.25) is 0 Å². The van der Waals surface area contributed by atoms with Crippen LogP contribution in [0.5, 0.6) is 0 Å². The summed E-state index contributed by atoms with van der Waals surface area (Å²) in [4.78, 5) is 11.8. The molecular weight excluding hydrogens is 296 g/mol. The van der Waals surface area contributed by atoms with Crippen LogP contribution < -0.4 is 5.73 Å². The van der Waals surface area contributed by atoms with Gasteiger partial charge in [-0.05, 0) is 23.3 Å². The van der Waals surface area contributed by atoms with E-state index < -0.39 is 5.91 Å². The van der Waals surface area contributed by atoms with Crippen molar-refractivity contribution in [2.24, 2.45) is 5.73 Å². The maximum atomic E-state index is 11.8. The smallest absolute Gasteiger partial charge is 0.265 e. The van der Waals surface area contributed by atoms with Crippen LogP contribution in [0.3, 0.4) is 0 Å². The van der Waals surface area contributed by atoms with Crippen LogP contribution in [0.1, 0.15) is 10.5 Å². The molecule has 0 atom stereocenters. The quantitative estimate of drug-likeness (QED) is 0.600. The number of aromatic nitrogens is 1. The second-order valence-corrected chi connectivity index (χ2v) is 5.68. The fourth-order valence-corrected chi connectivity index (χ4v) is 3.14. The summed E-state index contributed by atoms with van der Waals surface area (Å²) >= 11 is 0. The lowest BCUT2D eigenvalue weighted by Gasteiger charge is -2.06. The molecule has 0 unspecified atom stereocenters. The number of carbonyl (C=O) groups excluding carboxylic acids is 1. The summed E-state index contributed by atoms with van der Waals surface area (Å²) in [7, 11) is 0. The van der Waals surface area contributed by atoms with E-state index in [1.807, 2.05) is 59.1 Å². The minimum atomic E-state index is -0.435. The van der Waals surface area contributed by atoms with Gasteiger partial charge >= 0.3 is 0 Å². The highest BCUT2D eigenvalue weighted by Gasteiger charge is 2.17. The number of hydrogen-bond acceptors (Lipinski definition) is 1. The number of benzene rings is 2. The van der Waals surface area contributed by atoms with Gasteiger partial charge in [-0.3, -0.25) is 4.79 Å². The molecule has 3 heteroatoms. The van der Waals surface area contributed by atoms with E-state index in [0.717, 1.165) is 27.8 Å². The van der Waals surface area contributed by atoms with Gasteiger partial charge in [-0.2, -0.15) is 0 Å². The molecule has 0 aliphatic heterocycles. The van der Waals surface area contributed by atoms with E-state index in [9.17, 15) is 4.79 Å². The van der Waals surface area contributed by atoms with E-state index in [1.54, 1.807) is 6.07 Å². The third-order valence-corrected chi connectivity index (χ3v) is 4.21. The van der Waals surface area contributed by atoms with Gasteiger partial charge in [-0.15, -0.1) is 0 Å². The number of nitrogens with two attached hydrogens (primary N) is 1. The summed E-state index contributed by atoms with van der Waals surface area (Å²) in [5.74, 6) is -0.435. The van der Waals surface area contributed by atoms with Gasteiger partial charge in [-0.25, -0.2) is 0 Å². The summed E-state index contributed by atoms with van der Waals surface area (Å²) in [5.41, 5.74) is 11.4. The number of nitrogens with zero attached hydrogens (tertiary/aromatic N) is 1. The van der Waals surface area contributed by atoms with Crippen LogP contribution in [-0.4, -0.2) is 10.3 Å². The van der Waals surface area contributed by atoms with Crippen molar-refractivity contribution < 1.29 is 4.79 Å². The van der Waals surface area contributed by atoms with Gasteiger partial charge in [0.1, 0.15) is 5.69 Å². The van der Waals surface area contributed by atoms with Crippen molar-refractivity contribution in [2.45, 2.75) is 0 Å². The highest BCUT2D eigenvalue weighted by molar-refractivity contribution is 5.98. The first-order valence-electron chi connectivity index (χ1n) is 7.80. The van der Waals surface area contributed by atoms with E-state index in [4.69, 9.17) is 5.73 Å². The number of fused-ring (bicyclic) bond motifs is 1. The fourth-order valence-electron chi connectivity index (χ4n) is 3.14. The third kappa shape index (κ3) is 2.27. The highest BCUT2D eigenvalue weighted by Crippen LogP contribution is 2.37. The number of amides is 1. The van der Waals surface area contributed by atoms with Crippen molar-refractivity contribution in [1.29, 1.82) is 0 Å². The Labute approximate surface area is 140 Å². The van der Waals surface area contributed by atoms with Crippen molar-refractivity contribution in [3.05, 3.63) is 90.8 Å². The predicted octanol–water partition coefficient (Wildman–Crippen LogP) is 4.37. The average Bonchev–Trinajstić information content (AvgIpc) is 3.02. The Kier molecular flexibility index (Phi) is 3.39. The van der Waals surface area contributed by atoms with Crippen molar-refractivity contribution in [3.63, 3.8) is 0 Å². The second kappa shape index (κ2) is 5.70. The van der Waals surface area contributed by atoms with E-state index in [0.29, 0.717) is 5.69 Å². The number of carbonyl (C=O) groups is 1.